The van der Waals surface area contributed by atoms with Gasteiger partial charge in [-0.3, -0.25) is 10.1 Å². The zero-order valence-corrected chi connectivity index (χ0v) is 16.2. The molecular formula is C19H22N6O2S. The monoisotopic (exact) mass is 398 g/mol. The summed E-state index contributed by atoms with van der Waals surface area (Å²) in [4.78, 5) is 24.4. The van der Waals surface area contributed by atoms with Gasteiger partial charge in [-0.05, 0) is 12.1 Å². The molecular weight excluding hydrogens is 376 g/mol. The number of benzene rings is 1. The molecule has 5 rings (SSSR count). The van der Waals surface area contributed by atoms with Crippen LogP contribution in [0.2, 0.25) is 0 Å². The highest BCUT2D eigenvalue weighted by Crippen LogP contribution is 2.31. The van der Waals surface area contributed by atoms with Gasteiger partial charge in [0.05, 0.1) is 35.9 Å². The molecule has 2 saturated heterocycles. The topological polar surface area (TPSA) is 90.9 Å². The third-order valence-electron chi connectivity index (χ3n) is 5.08. The van der Waals surface area contributed by atoms with Crippen molar-refractivity contribution in [3.8, 4) is 0 Å². The SMILES string of the molecule is O=C1CC(c2nc3ccccc3s2)=C(NC2CNC2)N=C(N2CCOCC2)N1. The average Bonchev–Trinajstić information content (AvgIpc) is 3.04. The lowest BCUT2D eigenvalue weighted by molar-refractivity contribution is -0.118. The molecule has 8 nitrogen and oxygen atoms in total. The van der Waals surface area contributed by atoms with E-state index >= 15 is 0 Å². The van der Waals surface area contributed by atoms with Crippen LogP contribution in [0.1, 0.15) is 11.4 Å². The van der Waals surface area contributed by atoms with E-state index in [9.17, 15) is 4.79 Å². The summed E-state index contributed by atoms with van der Waals surface area (Å²) < 4.78 is 6.55. The van der Waals surface area contributed by atoms with Crippen LogP contribution < -0.4 is 16.0 Å². The molecule has 2 fully saturated rings. The molecule has 0 spiro atoms. The number of aliphatic imine (C=N–C) groups is 1. The Morgan fingerprint density at radius 3 is 2.79 bits per heavy atom. The van der Waals surface area contributed by atoms with E-state index in [1.54, 1.807) is 11.3 Å². The van der Waals surface area contributed by atoms with E-state index in [1.165, 1.54) is 0 Å². The number of ether oxygens (including phenoxy) is 1. The Morgan fingerprint density at radius 1 is 1.21 bits per heavy atom. The smallest absolute Gasteiger partial charge is 0.231 e. The van der Waals surface area contributed by atoms with Crippen LogP contribution in [-0.2, 0) is 9.53 Å². The number of hydrogen-bond donors (Lipinski definition) is 3. The first-order valence-corrected chi connectivity index (χ1v) is 10.4. The highest BCUT2D eigenvalue weighted by Gasteiger charge is 2.28. The number of rotatable bonds is 3. The molecule has 3 aliphatic heterocycles. The van der Waals surface area contributed by atoms with Crippen molar-refractivity contribution >= 4 is 39.0 Å². The minimum atomic E-state index is -0.0666. The largest absolute Gasteiger partial charge is 0.378 e. The Hall–Kier alpha value is -2.49. The van der Waals surface area contributed by atoms with Gasteiger partial charge >= 0.3 is 0 Å². The van der Waals surface area contributed by atoms with Crippen LogP contribution in [0.15, 0.2) is 35.1 Å². The molecule has 1 aromatic heterocycles. The first kappa shape index (κ1) is 17.6. The van der Waals surface area contributed by atoms with Crippen LogP contribution in [0.4, 0.5) is 0 Å². The number of hydrogen-bond acceptors (Lipinski definition) is 8. The predicted molar refractivity (Wildman–Crippen MR) is 109 cm³/mol. The Balaban J connectivity index is 1.57. The van der Waals surface area contributed by atoms with Crippen LogP contribution in [0.5, 0.6) is 0 Å². The Kier molecular flexibility index (Phi) is 4.71. The molecule has 0 unspecified atom stereocenters. The molecule has 3 N–H and O–H groups in total. The van der Waals surface area contributed by atoms with Crippen molar-refractivity contribution in [2.24, 2.45) is 4.99 Å². The molecule has 0 atom stereocenters. The minimum absolute atomic E-state index is 0.0666. The molecule has 1 amide bonds. The van der Waals surface area contributed by atoms with Gasteiger partial charge in [-0.15, -0.1) is 11.3 Å². The van der Waals surface area contributed by atoms with Gasteiger partial charge in [0.15, 0.2) is 0 Å². The van der Waals surface area contributed by atoms with Crippen LogP contribution in [0.3, 0.4) is 0 Å². The van der Waals surface area contributed by atoms with Gasteiger partial charge in [0.25, 0.3) is 0 Å². The summed E-state index contributed by atoms with van der Waals surface area (Å²) in [6, 6.07) is 8.35. The molecule has 1 aromatic carbocycles. The number of nitrogens with one attached hydrogen (secondary N) is 3. The van der Waals surface area contributed by atoms with Gasteiger partial charge in [-0.1, -0.05) is 12.1 Å². The highest BCUT2D eigenvalue weighted by molar-refractivity contribution is 7.19. The number of aromatic nitrogens is 1. The van der Waals surface area contributed by atoms with Gasteiger partial charge in [0.2, 0.25) is 11.9 Å². The number of morpholine rings is 1. The summed E-state index contributed by atoms with van der Waals surface area (Å²) in [6.45, 7) is 4.49. The van der Waals surface area contributed by atoms with Crippen molar-refractivity contribution in [2.75, 3.05) is 39.4 Å². The lowest BCUT2D eigenvalue weighted by Crippen LogP contribution is -2.55. The summed E-state index contributed by atoms with van der Waals surface area (Å²) in [7, 11) is 0. The number of fused-ring (bicyclic) bond motifs is 1. The molecule has 146 valence electrons. The number of nitrogens with zero attached hydrogens (tertiary/aromatic N) is 3. The second-order valence-corrected chi connectivity index (χ2v) is 8.10. The molecule has 2 aromatic rings. The lowest BCUT2D eigenvalue weighted by Gasteiger charge is -2.31. The van der Waals surface area contributed by atoms with Gasteiger partial charge in [-0.2, -0.15) is 4.99 Å². The third kappa shape index (κ3) is 3.48. The molecule has 4 heterocycles. The average molecular weight is 398 g/mol. The van der Waals surface area contributed by atoms with Gasteiger partial charge < -0.3 is 20.3 Å². The maximum atomic E-state index is 12.7. The van der Waals surface area contributed by atoms with E-state index in [-0.39, 0.29) is 12.3 Å². The predicted octanol–water partition coefficient (Wildman–Crippen LogP) is 0.734. The van der Waals surface area contributed by atoms with Crippen molar-refractivity contribution in [1.29, 1.82) is 0 Å². The standard InChI is InChI=1S/C19H22N6O2S/c26-16-9-13(18-22-14-3-1-2-4-15(14)28-18)17(21-12-10-20-11-12)24-19(23-16)25-5-7-27-8-6-25/h1-4,12,20-21H,5-11H2,(H,23,24,26). The van der Waals surface area contributed by atoms with Crippen LogP contribution >= 0.6 is 11.3 Å². The molecule has 0 saturated carbocycles. The molecule has 3 aliphatic rings. The van der Waals surface area contributed by atoms with Crippen LogP contribution in [0.25, 0.3) is 15.8 Å². The Morgan fingerprint density at radius 2 is 2.04 bits per heavy atom. The van der Waals surface area contributed by atoms with E-state index in [0.29, 0.717) is 38.3 Å². The van der Waals surface area contributed by atoms with Gasteiger partial charge in [0, 0.05) is 31.8 Å². The number of thiazole rings is 1. The van der Waals surface area contributed by atoms with E-state index in [0.717, 1.165) is 39.7 Å². The van der Waals surface area contributed by atoms with Gasteiger partial charge in [-0.25, -0.2) is 4.98 Å². The number of carbonyl (C=O) groups is 1. The number of para-hydroxylation sites is 1. The fraction of sp³-hybridized carbons (Fsp3) is 0.421. The second kappa shape index (κ2) is 7.50. The maximum Gasteiger partial charge on any atom is 0.231 e. The highest BCUT2D eigenvalue weighted by atomic mass is 32.1. The first-order valence-electron chi connectivity index (χ1n) is 9.54. The molecule has 28 heavy (non-hydrogen) atoms. The number of carbonyl (C=O) groups excluding carboxylic acids is 1. The molecule has 0 radical (unpaired) electrons. The summed E-state index contributed by atoms with van der Waals surface area (Å²) in [6.07, 6.45) is 0.250. The fourth-order valence-electron chi connectivity index (χ4n) is 3.42. The number of amides is 1. The van der Waals surface area contributed by atoms with Crippen molar-refractivity contribution in [3.05, 3.63) is 35.1 Å². The fourth-order valence-corrected chi connectivity index (χ4v) is 4.43. The van der Waals surface area contributed by atoms with E-state index < -0.39 is 0 Å². The first-order chi connectivity index (χ1) is 13.8. The quantitative estimate of drug-likeness (QED) is 0.706. The van der Waals surface area contributed by atoms with Crippen molar-refractivity contribution in [2.45, 2.75) is 12.5 Å². The van der Waals surface area contributed by atoms with Crippen molar-refractivity contribution < 1.29 is 9.53 Å². The van der Waals surface area contributed by atoms with Crippen LogP contribution in [0, 0.1) is 0 Å². The summed E-state index contributed by atoms with van der Waals surface area (Å²) in [5, 5.41) is 10.6. The Labute approximate surface area is 166 Å². The molecule has 9 heteroatoms. The van der Waals surface area contributed by atoms with Gasteiger partial charge in [0.1, 0.15) is 10.8 Å². The zero-order valence-electron chi connectivity index (χ0n) is 15.4. The minimum Gasteiger partial charge on any atom is -0.378 e. The Bertz CT molecular complexity index is 925. The summed E-state index contributed by atoms with van der Waals surface area (Å²) >= 11 is 1.60. The summed E-state index contributed by atoms with van der Waals surface area (Å²) in [5.41, 5.74) is 1.80. The second-order valence-electron chi connectivity index (χ2n) is 7.07. The van der Waals surface area contributed by atoms with E-state index in [2.05, 4.69) is 26.9 Å². The normalized spacial score (nSPS) is 21.2. The van der Waals surface area contributed by atoms with Crippen molar-refractivity contribution in [3.63, 3.8) is 0 Å². The maximum absolute atomic E-state index is 12.7. The molecule has 0 bridgehead atoms. The van der Waals surface area contributed by atoms with Crippen LogP contribution in [-0.4, -0.2) is 67.2 Å². The lowest BCUT2D eigenvalue weighted by atomic mass is 10.1. The molecule has 0 aliphatic carbocycles. The number of guanidine groups is 1. The summed E-state index contributed by atoms with van der Waals surface area (Å²) in [5.74, 6) is 1.27. The van der Waals surface area contributed by atoms with Crippen molar-refractivity contribution in [1.82, 2.24) is 25.8 Å². The van der Waals surface area contributed by atoms with E-state index in [4.69, 9.17) is 14.7 Å². The zero-order chi connectivity index (χ0) is 18.9. The van der Waals surface area contributed by atoms with E-state index in [1.807, 2.05) is 18.2 Å². The third-order valence-corrected chi connectivity index (χ3v) is 6.17.